The van der Waals surface area contributed by atoms with Gasteiger partial charge >= 0.3 is 0 Å². The number of hydrogen-bond acceptors (Lipinski definition) is 5. The Balaban J connectivity index is 2.19. The fourth-order valence-corrected chi connectivity index (χ4v) is 2.51. The van der Waals surface area contributed by atoms with Crippen molar-refractivity contribution in [2.45, 2.75) is 26.1 Å². The summed E-state index contributed by atoms with van der Waals surface area (Å²) >= 11 is 0. The van der Waals surface area contributed by atoms with Crippen LogP contribution in [0.1, 0.15) is 19.4 Å². The zero-order chi connectivity index (χ0) is 17.0. The highest BCUT2D eigenvalue weighted by molar-refractivity contribution is 6.01. The van der Waals surface area contributed by atoms with Gasteiger partial charge in [-0.2, -0.15) is 5.26 Å². The van der Waals surface area contributed by atoms with Gasteiger partial charge in [-0.05, 0) is 37.6 Å². The van der Waals surface area contributed by atoms with Gasteiger partial charge in [0.05, 0.1) is 17.1 Å². The standard InChI is InChI=1S/C16H17N3O4/c1-11-9-18(10-12(2)23-11)16(20)14(8-17)7-13-3-5-15(6-4-13)19(21)22/h3-7,11-12H,9-10H2,1-2H3/b14-7+. The number of ether oxygens (including phenoxy) is 1. The van der Waals surface area contributed by atoms with Gasteiger partial charge in [0, 0.05) is 25.2 Å². The van der Waals surface area contributed by atoms with Crippen molar-refractivity contribution in [1.29, 1.82) is 5.26 Å². The van der Waals surface area contributed by atoms with Crippen LogP contribution in [0.5, 0.6) is 0 Å². The van der Waals surface area contributed by atoms with Crippen molar-refractivity contribution in [1.82, 2.24) is 4.90 Å². The predicted octanol–water partition coefficient (Wildman–Crippen LogP) is 2.14. The molecular formula is C16H17N3O4. The maximum atomic E-state index is 12.5. The molecule has 1 aromatic carbocycles. The number of benzene rings is 1. The number of carbonyl (C=O) groups is 1. The molecule has 2 rings (SSSR count). The van der Waals surface area contributed by atoms with Crippen LogP contribution in [0.15, 0.2) is 29.8 Å². The Bertz CT molecular complexity index is 666. The summed E-state index contributed by atoms with van der Waals surface area (Å²) in [5.74, 6) is -0.354. The van der Waals surface area contributed by atoms with Gasteiger partial charge in [-0.3, -0.25) is 14.9 Å². The summed E-state index contributed by atoms with van der Waals surface area (Å²) in [4.78, 5) is 24.2. The van der Waals surface area contributed by atoms with E-state index in [9.17, 15) is 20.2 Å². The Morgan fingerprint density at radius 3 is 2.39 bits per heavy atom. The van der Waals surface area contributed by atoms with Crippen molar-refractivity contribution in [2.75, 3.05) is 13.1 Å². The van der Waals surface area contributed by atoms with E-state index >= 15 is 0 Å². The van der Waals surface area contributed by atoms with Gasteiger partial charge in [0.25, 0.3) is 11.6 Å². The molecule has 1 saturated heterocycles. The molecule has 0 aliphatic carbocycles. The monoisotopic (exact) mass is 315 g/mol. The van der Waals surface area contributed by atoms with E-state index in [4.69, 9.17) is 4.74 Å². The van der Waals surface area contributed by atoms with E-state index in [1.54, 1.807) is 4.90 Å². The molecule has 0 bridgehead atoms. The first-order chi connectivity index (χ1) is 10.9. The van der Waals surface area contributed by atoms with Crippen molar-refractivity contribution < 1.29 is 14.5 Å². The van der Waals surface area contributed by atoms with Crippen LogP contribution in [0.2, 0.25) is 0 Å². The number of nitrogens with zero attached hydrogens (tertiary/aromatic N) is 3. The maximum Gasteiger partial charge on any atom is 0.269 e. The Morgan fingerprint density at radius 2 is 1.91 bits per heavy atom. The maximum absolute atomic E-state index is 12.5. The average Bonchev–Trinajstić information content (AvgIpc) is 2.51. The van der Waals surface area contributed by atoms with E-state index in [2.05, 4.69) is 0 Å². The molecule has 1 heterocycles. The summed E-state index contributed by atoms with van der Waals surface area (Å²) in [6.07, 6.45) is 1.28. The minimum absolute atomic E-state index is 0.000142. The minimum Gasteiger partial charge on any atom is -0.372 e. The first-order valence-corrected chi connectivity index (χ1v) is 7.21. The number of hydrogen-bond donors (Lipinski definition) is 0. The SMILES string of the molecule is CC1CN(C(=O)/C(C#N)=C/c2ccc([N+](=O)[O-])cc2)CC(C)O1. The Labute approximate surface area is 133 Å². The largest absolute Gasteiger partial charge is 0.372 e. The Kier molecular flexibility index (Phi) is 5.09. The van der Waals surface area contributed by atoms with Gasteiger partial charge in [0.1, 0.15) is 11.6 Å². The highest BCUT2D eigenvalue weighted by Crippen LogP contribution is 2.17. The summed E-state index contributed by atoms with van der Waals surface area (Å²) in [5, 5.41) is 19.9. The zero-order valence-electron chi connectivity index (χ0n) is 12.9. The molecule has 2 unspecified atom stereocenters. The summed E-state index contributed by atoms with van der Waals surface area (Å²) in [7, 11) is 0. The smallest absolute Gasteiger partial charge is 0.269 e. The molecule has 0 N–H and O–H groups in total. The van der Waals surface area contributed by atoms with Gasteiger partial charge in [0.2, 0.25) is 0 Å². The lowest BCUT2D eigenvalue weighted by Gasteiger charge is -2.35. The van der Waals surface area contributed by atoms with Crippen LogP contribution in [-0.2, 0) is 9.53 Å². The van der Waals surface area contributed by atoms with Crippen LogP contribution >= 0.6 is 0 Å². The molecule has 0 spiro atoms. The van der Waals surface area contributed by atoms with Crippen molar-refractivity contribution >= 4 is 17.7 Å². The second-order valence-electron chi connectivity index (χ2n) is 5.49. The number of carbonyl (C=O) groups excluding carboxylic acids is 1. The molecule has 1 amide bonds. The fraction of sp³-hybridized carbons (Fsp3) is 0.375. The van der Waals surface area contributed by atoms with E-state index in [0.717, 1.165) is 0 Å². The molecule has 0 radical (unpaired) electrons. The number of nitro benzene ring substituents is 1. The molecule has 2 atom stereocenters. The molecule has 7 nitrogen and oxygen atoms in total. The first-order valence-electron chi connectivity index (χ1n) is 7.21. The lowest BCUT2D eigenvalue weighted by atomic mass is 10.1. The highest BCUT2D eigenvalue weighted by atomic mass is 16.6. The molecular weight excluding hydrogens is 298 g/mol. The van der Waals surface area contributed by atoms with Gasteiger partial charge in [0.15, 0.2) is 0 Å². The van der Waals surface area contributed by atoms with Crippen LogP contribution in [-0.4, -0.2) is 41.0 Å². The molecule has 0 aromatic heterocycles. The summed E-state index contributed by atoms with van der Waals surface area (Å²) in [6, 6.07) is 7.60. The molecule has 0 saturated carbocycles. The second-order valence-corrected chi connectivity index (χ2v) is 5.49. The van der Waals surface area contributed by atoms with Gasteiger partial charge in [-0.1, -0.05) is 0 Å². The van der Waals surface area contributed by atoms with Crippen LogP contribution in [0.25, 0.3) is 6.08 Å². The van der Waals surface area contributed by atoms with E-state index in [-0.39, 0.29) is 29.4 Å². The third kappa shape index (κ3) is 4.14. The third-order valence-electron chi connectivity index (χ3n) is 3.47. The van der Waals surface area contributed by atoms with Gasteiger partial charge in [-0.15, -0.1) is 0 Å². The lowest BCUT2D eigenvalue weighted by molar-refractivity contribution is -0.384. The molecule has 1 aromatic rings. The molecule has 7 heteroatoms. The van der Waals surface area contributed by atoms with E-state index < -0.39 is 4.92 Å². The third-order valence-corrected chi connectivity index (χ3v) is 3.47. The van der Waals surface area contributed by atoms with Crippen LogP contribution in [0.4, 0.5) is 5.69 Å². The minimum atomic E-state index is -0.500. The Hall–Kier alpha value is -2.72. The van der Waals surface area contributed by atoms with E-state index in [1.165, 1.54) is 30.3 Å². The molecule has 23 heavy (non-hydrogen) atoms. The van der Waals surface area contributed by atoms with Crippen LogP contribution in [0.3, 0.4) is 0 Å². The number of morpholine rings is 1. The van der Waals surface area contributed by atoms with Crippen molar-refractivity contribution in [3.63, 3.8) is 0 Å². The quantitative estimate of drug-likeness (QED) is 0.368. The van der Waals surface area contributed by atoms with Crippen molar-refractivity contribution in [3.8, 4) is 6.07 Å². The average molecular weight is 315 g/mol. The summed E-state index contributed by atoms with van der Waals surface area (Å²) in [5.41, 5.74) is 0.526. The lowest BCUT2D eigenvalue weighted by Crippen LogP contribution is -2.48. The molecule has 1 aliphatic rings. The zero-order valence-corrected chi connectivity index (χ0v) is 12.9. The van der Waals surface area contributed by atoms with Crippen molar-refractivity contribution in [2.24, 2.45) is 0 Å². The van der Waals surface area contributed by atoms with E-state index in [1.807, 2.05) is 19.9 Å². The molecule has 1 fully saturated rings. The molecule has 1 aliphatic heterocycles. The van der Waals surface area contributed by atoms with Crippen LogP contribution < -0.4 is 0 Å². The fourth-order valence-electron chi connectivity index (χ4n) is 2.51. The topological polar surface area (TPSA) is 96.5 Å². The van der Waals surface area contributed by atoms with Crippen LogP contribution in [0, 0.1) is 21.4 Å². The number of rotatable bonds is 3. The number of nitro groups is 1. The van der Waals surface area contributed by atoms with Gasteiger partial charge in [-0.25, -0.2) is 0 Å². The highest BCUT2D eigenvalue weighted by Gasteiger charge is 2.27. The van der Waals surface area contributed by atoms with E-state index in [0.29, 0.717) is 18.7 Å². The first kappa shape index (κ1) is 16.6. The molecule has 120 valence electrons. The summed E-state index contributed by atoms with van der Waals surface area (Å²) in [6.45, 7) is 4.62. The van der Waals surface area contributed by atoms with Crippen molar-refractivity contribution in [3.05, 3.63) is 45.5 Å². The Morgan fingerprint density at radius 1 is 1.35 bits per heavy atom. The number of non-ortho nitro benzene ring substituents is 1. The summed E-state index contributed by atoms with van der Waals surface area (Å²) < 4.78 is 5.57. The predicted molar refractivity (Wildman–Crippen MR) is 83.3 cm³/mol. The number of amides is 1. The normalized spacial score (nSPS) is 21.6. The number of nitriles is 1. The second kappa shape index (κ2) is 7.03. The van der Waals surface area contributed by atoms with Gasteiger partial charge < -0.3 is 9.64 Å².